The summed E-state index contributed by atoms with van der Waals surface area (Å²) < 4.78 is 10.6. The molecule has 0 radical (unpaired) electrons. The number of aromatic amines is 1. The number of methoxy groups -OCH3 is 2. The second kappa shape index (κ2) is 7.72. The summed E-state index contributed by atoms with van der Waals surface area (Å²) in [5.74, 6) is -1.79. The molecular weight excluding hydrogens is 452 g/mol. The van der Waals surface area contributed by atoms with Crippen molar-refractivity contribution >= 4 is 40.6 Å². The van der Waals surface area contributed by atoms with E-state index in [0.717, 1.165) is 11.3 Å². The molecule has 1 saturated heterocycles. The Balaban J connectivity index is 1.70. The van der Waals surface area contributed by atoms with Crippen molar-refractivity contribution in [2.45, 2.75) is 16.2 Å². The fourth-order valence-corrected chi connectivity index (χ4v) is 6.82. The van der Waals surface area contributed by atoms with Crippen LogP contribution in [-0.4, -0.2) is 41.4 Å². The zero-order chi connectivity index (χ0) is 22.6. The molecule has 2 aliphatic heterocycles. The number of benzene rings is 2. The molecule has 0 spiro atoms. The summed E-state index contributed by atoms with van der Waals surface area (Å²) in [5, 5.41) is 10.2. The summed E-state index contributed by atoms with van der Waals surface area (Å²) in [7, 11) is 2.83. The molecule has 1 aromatic heterocycles. The van der Waals surface area contributed by atoms with Gasteiger partial charge in [-0.1, -0.05) is 41.3 Å². The van der Waals surface area contributed by atoms with E-state index in [2.05, 4.69) is 4.98 Å². The number of rotatable bonds is 4. The highest BCUT2D eigenvalue weighted by Gasteiger charge is 2.56. The average molecular weight is 471 g/mol. The first kappa shape index (κ1) is 20.7. The van der Waals surface area contributed by atoms with Crippen molar-refractivity contribution in [2.24, 2.45) is 5.92 Å². The molecule has 2 amide bonds. The number of amides is 2. The Morgan fingerprint density at radius 2 is 1.66 bits per heavy atom. The van der Waals surface area contributed by atoms with Crippen LogP contribution >= 0.6 is 23.1 Å². The molecule has 164 valence electrons. The molecule has 3 atom stereocenters. The number of H-pyrrole nitrogens is 1. The second-order valence-corrected chi connectivity index (χ2v) is 9.54. The molecular formula is C22H18N2O6S2. The highest BCUT2D eigenvalue weighted by molar-refractivity contribution is 8.00. The van der Waals surface area contributed by atoms with E-state index < -0.39 is 17.1 Å². The number of hydrogen-bond donors (Lipinski definition) is 2. The number of carbonyl (C=O) groups excluding carboxylic acids is 2. The molecule has 2 aliphatic rings. The first-order chi connectivity index (χ1) is 15.4. The van der Waals surface area contributed by atoms with E-state index in [1.807, 2.05) is 6.07 Å². The molecule has 0 aliphatic carbocycles. The van der Waals surface area contributed by atoms with Gasteiger partial charge in [-0.3, -0.25) is 14.4 Å². The quantitative estimate of drug-likeness (QED) is 0.564. The number of ether oxygens (including phenoxy) is 2. The third kappa shape index (κ3) is 3.01. The largest absolute Gasteiger partial charge is 0.502 e. The number of para-hydroxylation sites is 1. The van der Waals surface area contributed by atoms with E-state index in [-0.39, 0.29) is 33.9 Å². The van der Waals surface area contributed by atoms with E-state index in [1.165, 1.54) is 30.9 Å². The Morgan fingerprint density at radius 3 is 2.28 bits per heavy atom. The highest BCUT2D eigenvalue weighted by Crippen LogP contribution is 2.54. The van der Waals surface area contributed by atoms with E-state index in [4.69, 9.17) is 9.47 Å². The van der Waals surface area contributed by atoms with Crippen LogP contribution in [0.25, 0.3) is 0 Å². The molecule has 0 bridgehead atoms. The molecule has 2 N–H and O–H groups in total. The fraction of sp³-hybridized carbons (Fsp3) is 0.227. The number of hydrogen-bond acceptors (Lipinski definition) is 8. The van der Waals surface area contributed by atoms with Gasteiger partial charge in [0.1, 0.15) is 5.25 Å². The maximum absolute atomic E-state index is 13.6. The van der Waals surface area contributed by atoms with Crippen LogP contribution in [0.1, 0.15) is 16.4 Å². The molecule has 5 rings (SSSR count). The number of thioether (sulfide) groups is 1. The summed E-state index contributed by atoms with van der Waals surface area (Å²) in [6, 6.07) is 12.0. The van der Waals surface area contributed by atoms with Crippen LogP contribution in [-0.2, 0) is 9.59 Å². The minimum Gasteiger partial charge on any atom is -0.502 e. The maximum atomic E-state index is 13.6. The SMILES string of the molecule is COc1cc([C@H]2c3sc(=O)[nH]c3SC3C(=O)N(c4ccccc4)C(=O)C32)cc(OC)c1O. The van der Waals surface area contributed by atoms with Crippen LogP contribution < -0.4 is 19.2 Å². The lowest BCUT2D eigenvalue weighted by atomic mass is 9.83. The second-order valence-electron chi connectivity index (χ2n) is 7.37. The smallest absolute Gasteiger partial charge is 0.305 e. The van der Waals surface area contributed by atoms with Gasteiger partial charge in [0.2, 0.25) is 17.6 Å². The van der Waals surface area contributed by atoms with Gasteiger partial charge in [-0.15, -0.1) is 0 Å². The van der Waals surface area contributed by atoms with Gasteiger partial charge in [0, 0.05) is 10.8 Å². The molecule has 10 heteroatoms. The highest BCUT2D eigenvalue weighted by atomic mass is 32.2. The summed E-state index contributed by atoms with van der Waals surface area (Å²) in [6.07, 6.45) is 0. The van der Waals surface area contributed by atoms with Gasteiger partial charge in [-0.25, -0.2) is 4.90 Å². The number of phenols is 1. The first-order valence-electron chi connectivity index (χ1n) is 9.72. The average Bonchev–Trinajstić information content (AvgIpc) is 3.29. The van der Waals surface area contributed by atoms with Crippen molar-refractivity contribution in [3.63, 3.8) is 0 Å². The third-order valence-corrected chi connectivity index (χ3v) is 8.10. The normalized spacial score (nSPS) is 21.9. The first-order valence-corrected chi connectivity index (χ1v) is 11.4. The monoisotopic (exact) mass is 470 g/mol. The van der Waals surface area contributed by atoms with Gasteiger partial charge < -0.3 is 19.6 Å². The minimum absolute atomic E-state index is 0.164. The van der Waals surface area contributed by atoms with Crippen molar-refractivity contribution in [1.82, 2.24) is 4.98 Å². The maximum Gasteiger partial charge on any atom is 0.305 e. The van der Waals surface area contributed by atoms with Crippen LogP contribution in [0.15, 0.2) is 52.3 Å². The van der Waals surface area contributed by atoms with Crippen LogP contribution in [0, 0.1) is 5.92 Å². The molecule has 2 aromatic carbocycles. The van der Waals surface area contributed by atoms with Gasteiger partial charge >= 0.3 is 4.87 Å². The number of fused-ring (bicyclic) bond motifs is 2. The number of carbonyl (C=O) groups is 2. The van der Waals surface area contributed by atoms with Gasteiger partial charge in [-0.05, 0) is 29.8 Å². The standard InChI is InChI=1S/C22H18N2O6S2/c1-29-12-8-10(9-13(30-2)16(12)25)14-15-18(31-19-17(14)32-22(28)23-19)21(27)24(20(15)26)11-6-4-3-5-7-11/h3-9,14-15,18,25H,1-2H3,(H,23,28)/t14-,15?,18?/m1/s1. The van der Waals surface area contributed by atoms with Crippen LogP contribution in [0.5, 0.6) is 17.2 Å². The van der Waals surface area contributed by atoms with Crippen molar-refractivity contribution in [2.75, 3.05) is 19.1 Å². The predicted molar refractivity (Wildman–Crippen MR) is 120 cm³/mol. The molecule has 2 unspecified atom stereocenters. The molecule has 3 aromatic rings. The number of thiazole rings is 1. The lowest BCUT2D eigenvalue weighted by molar-refractivity contribution is -0.122. The van der Waals surface area contributed by atoms with Gasteiger partial charge in [0.25, 0.3) is 0 Å². The van der Waals surface area contributed by atoms with E-state index in [0.29, 0.717) is 21.2 Å². The van der Waals surface area contributed by atoms with Crippen molar-refractivity contribution in [1.29, 1.82) is 0 Å². The number of imide groups is 1. The van der Waals surface area contributed by atoms with Crippen LogP contribution in [0.3, 0.4) is 0 Å². The number of phenolic OH excluding ortho intramolecular Hbond substituents is 1. The van der Waals surface area contributed by atoms with E-state index in [9.17, 15) is 19.5 Å². The van der Waals surface area contributed by atoms with Crippen LogP contribution in [0.4, 0.5) is 5.69 Å². The Hall–Kier alpha value is -3.24. The number of aromatic nitrogens is 1. The van der Waals surface area contributed by atoms with Crippen molar-refractivity contribution < 1.29 is 24.2 Å². The van der Waals surface area contributed by atoms with E-state index in [1.54, 1.807) is 36.4 Å². The topological polar surface area (TPSA) is 109 Å². The zero-order valence-corrected chi connectivity index (χ0v) is 18.7. The zero-order valence-electron chi connectivity index (χ0n) is 17.0. The number of nitrogens with zero attached hydrogens (tertiary/aromatic N) is 1. The molecule has 3 heterocycles. The number of nitrogens with one attached hydrogen (secondary N) is 1. The Kier molecular flexibility index (Phi) is 4.98. The Bertz CT molecular complexity index is 1260. The summed E-state index contributed by atoms with van der Waals surface area (Å²) in [6.45, 7) is 0. The van der Waals surface area contributed by atoms with E-state index >= 15 is 0 Å². The minimum atomic E-state index is -0.731. The lowest BCUT2D eigenvalue weighted by Gasteiger charge is -2.30. The van der Waals surface area contributed by atoms with Gasteiger partial charge in [0.15, 0.2) is 11.5 Å². The predicted octanol–water partition coefficient (Wildman–Crippen LogP) is 2.96. The summed E-state index contributed by atoms with van der Waals surface area (Å²) >= 11 is 2.23. The fourth-order valence-electron chi connectivity index (χ4n) is 4.30. The molecule has 32 heavy (non-hydrogen) atoms. The molecule has 0 saturated carbocycles. The summed E-state index contributed by atoms with van der Waals surface area (Å²) in [5.41, 5.74) is 1.12. The number of aromatic hydroxyl groups is 1. The third-order valence-electron chi connectivity index (χ3n) is 5.70. The molecule has 1 fully saturated rings. The van der Waals surface area contributed by atoms with Crippen LogP contribution in [0.2, 0.25) is 0 Å². The Morgan fingerprint density at radius 1 is 1.00 bits per heavy atom. The lowest BCUT2D eigenvalue weighted by Crippen LogP contribution is -2.32. The Labute approximate surface area is 190 Å². The van der Waals surface area contributed by atoms with Gasteiger partial charge in [-0.2, -0.15) is 0 Å². The summed E-state index contributed by atoms with van der Waals surface area (Å²) in [4.78, 5) is 43.6. The number of anilines is 1. The van der Waals surface area contributed by atoms with Gasteiger partial charge in [0.05, 0.1) is 30.9 Å². The van der Waals surface area contributed by atoms with Crippen molar-refractivity contribution in [3.05, 3.63) is 62.6 Å². The van der Waals surface area contributed by atoms with Crippen molar-refractivity contribution in [3.8, 4) is 17.2 Å². The molecule has 8 nitrogen and oxygen atoms in total.